The molecule has 1 rings (SSSR count). The highest BCUT2D eigenvalue weighted by atomic mass is 16.2. The van der Waals surface area contributed by atoms with Gasteiger partial charge in [-0.2, -0.15) is 0 Å². The minimum atomic E-state index is 0.0686. The van der Waals surface area contributed by atoms with Crippen LogP contribution in [0.2, 0.25) is 0 Å². The van der Waals surface area contributed by atoms with Crippen LogP contribution in [0.5, 0.6) is 0 Å². The molecule has 0 aromatic heterocycles. The Morgan fingerprint density at radius 1 is 1.13 bits per heavy atom. The number of aliphatic imine (C=N–C) groups is 1. The molecule has 0 bridgehead atoms. The van der Waals surface area contributed by atoms with E-state index in [1.807, 2.05) is 6.92 Å². The first-order valence-electron chi connectivity index (χ1n) is 8.53. The molecule has 0 saturated carbocycles. The number of carbonyl (C=O) groups excluding carboxylic acids is 2. The number of hydrogen-bond acceptors (Lipinski definition) is 3. The number of carbonyl (C=O) groups is 2. The van der Waals surface area contributed by atoms with E-state index in [-0.39, 0.29) is 11.8 Å². The van der Waals surface area contributed by atoms with Crippen molar-refractivity contribution in [3.8, 4) is 0 Å². The average molecular weight is 325 g/mol. The predicted octanol–water partition coefficient (Wildman–Crippen LogP) is 0.326. The molecule has 0 atom stereocenters. The van der Waals surface area contributed by atoms with Crippen molar-refractivity contribution in [2.75, 3.05) is 40.3 Å². The van der Waals surface area contributed by atoms with Crippen LogP contribution in [0.4, 0.5) is 0 Å². The van der Waals surface area contributed by atoms with Gasteiger partial charge in [0, 0.05) is 53.1 Å². The van der Waals surface area contributed by atoms with Gasteiger partial charge in [-0.15, -0.1) is 0 Å². The normalized spacial score (nSPS) is 16.1. The Bertz CT molecular complexity index is 403. The van der Waals surface area contributed by atoms with Crippen molar-refractivity contribution < 1.29 is 9.59 Å². The van der Waals surface area contributed by atoms with Gasteiger partial charge in [0.2, 0.25) is 11.8 Å². The maximum atomic E-state index is 11.6. The van der Waals surface area contributed by atoms with E-state index >= 15 is 0 Å². The van der Waals surface area contributed by atoms with Crippen molar-refractivity contribution in [1.82, 2.24) is 20.9 Å². The van der Waals surface area contributed by atoms with E-state index in [2.05, 4.69) is 25.8 Å². The van der Waals surface area contributed by atoms with Gasteiger partial charge in [-0.05, 0) is 25.2 Å². The summed E-state index contributed by atoms with van der Waals surface area (Å²) in [6.07, 6.45) is 3.99. The Balaban J connectivity index is 2.28. The zero-order valence-corrected chi connectivity index (χ0v) is 14.7. The second kappa shape index (κ2) is 10.9. The molecule has 1 saturated heterocycles. The molecule has 0 radical (unpaired) electrons. The molecule has 2 amide bonds. The van der Waals surface area contributed by atoms with Crippen LogP contribution in [0, 0.1) is 5.92 Å². The number of amides is 2. The number of nitrogens with zero attached hydrogens (tertiary/aromatic N) is 2. The lowest BCUT2D eigenvalue weighted by Gasteiger charge is -2.34. The van der Waals surface area contributed by atoms with Gasteiger partial charge in [0.25, 0.3) is 0 Å². The smallest absolute Gasteiger partial charge is 0.221 e. The van der Waals surface area contributed by atoms with E-state index in [1.54, 1.807) is 14.1 Å². The third kappa shape index (κ3) is 7.34. The Morgan fingerprint density at radius 2 is 1.83 bits per heavy atom. The predicted molar refractivity (Wildman–Crippen MR) is 92.3 cm³/mol. The van der Waals surface area contributed by atoms with Crippen molar-refractivity contribution in [3.63, 3.8) is 0 Å². The zero-order valence-electron chi connectivity index (χ0n) is 14.7. The first kappa shape index (κ1) is 19.3. The van der Waals surface area contributed by atoms with Crippen LogP contribution < -0.4 is 16.0 Å². The lowest BCUT2D eigenvalue weighted by molar-refractivity contribution is -0.122. The van der Waals surface area contributed by atoms with Crippen molar-refractivity contribution in [2.45, 2.75) is 39.0 Å². The van der Waals surface area contributed by atoms with Crippen LogP contribution in [0.3, 0.4) is 0 Å². The SMILES string of the molecule is CCCNC(=O)CCNC(=NC)N1CCC(CC(=O)NC)CC1. The maximum absolute atomic E-state index is 11.6. The first-order valence-corrected chi connectivity index (χ1v) is 8.53. The Morgan fingerprint density at radius 3 is 2.39 bits per heavy atom. The number of guanidine groups is 1. The number of piperidine rings is 1. The summed E-state index contributed by atoms with van der Waals surface area (Å²) >= 11 is 0. The van der Waals surface area contributed by atoms with E-state index in [9.17, 15) is 9.59 Å². The molecule has 7 nitrogen and oxygen atoms in total. The van der Waals surface area contributed by atoms with Gasteiger partial charge >= 0.3 is 0 Å². The molecule has 0 aromatic rings. The summed E-state index contributed by atoms with van der Waals surface area (Å²) < 4.78 is 0. The summed E-state index contributed by atoms with van der Waals surface area (Å²) in [5.74, 6) is 1.47. The lowest BCUT2D eigenvalue weighted by Crippen LogP contribution is -2.46. The number of rotatable bonds is 7. The summed E-state index contributed by atoms with van der Waals surface area (Å²) in [6.45, 7) is 5.13. The van der Waals surface area contributed by atoms with Gasteiger partial charge in [0.1, 0.15) is 0 Å². The molecule has 1 aliphatic rings. The summed E-state index contributed by atoms with van der Waals surface area (Å²) in [6, 6.07) is 0. The van der Waals surface area contributed by atoms with E-state index in [0.717, 1.165) is 44.9 Å². The molecule has 0 aromatic carbocycles. The molecule has 0 unspecified atom stereocenters. The van der Waals surface area contributed by atoms with Gasteiger partial charge < -0.3 is 20.9 Å². The molecule has 0 spiro atoms. The van der Waals surface area contributed by atoms with E-state index in [1.165, 1.54) is 0 Å². The van der Waals surface area contributed by atoms with Gasteiger partial charge in [0.15, 0.2) is 5.96 Å². The highest BCUT2D eigenvalue weighted by Gasteiger charge is 2.22. The molecular weight excluding hydrogens is 294 g/mol. The zero-order chi connectivity index (χ0) is 17.1. The molecule has 0 aliphatic carbocycles. The minimum Gasteiger partial charge on any atom is -0.359 e. The highest BCUT2D eigenvalue weighted by molar-refractivity contribution is 5.81. The molecule has 1 heterocycles. The quantitative estimate of drug-likeness (QED) is 0.465. The first-order chi connectivity index (χ1) is 11.1. The van der Waals surface area contributed by atoms with E-state index in [4.69, 9.17) is 0 Å². The van der Waals surface area contributed by atoms with Crippen molar-refractivity contribution in [3.05, 3.63) is 0 Å². The molecular formula is C16H31N5O2. The van der Waals surface area contributed by atoms with Gasteiger partial charge in [-0.1, -0.05) is 6.92 Å². The van der Waals surface area contributed by atoms with Crippen molar-refractivity contribution in [1.29, 1.82) is 0 Å². The third-order valence-electron chi connectivity index (χ3n) is 4.09. The fourth-order valence-corrected chi connectivity index (χ4v) is 2.69. The van der Waals surface area contributed by atoms with Crippen molar-refractivity contribution >= 4 is 17.8 Å². The van der Waals surface area contributed by atoms with Crippen LogP contribution in [0.1, 0.15) is 39.0 Å². The lowest BCUT2D eigenvalue weighted by atomic mass is 9.93. The van der Waals surface area contributed by atoms with Crippen LogP contribution in [0.15, 0.2) is 4.99 Å². The van der Waals surface area contributed by atoms with Gasteiger partial charge in [-0.3, -0.25) is 14.6 Å². The Hall–Kier alpha value is -1.79. The number of hydrogen-bond donors (Lipinski definition) is 3. The monoisotopic (exact) mass is 325 g/mol. The fraction of sp³-hybridized carbons (Fsp3) is 0.812. The minimum absolute atomic E-state index is 0.0686. The molecule has 7 heteroatoms. The second-order valence-corrected chi connectivity index (χ2v) is 5.88. The van der Waals surface area contributed by atoms with Crippen molar-refractivity contribution in [2.24, 2.45) is 10.9 Å². The van der Waals surface area contributed by atoms with E-state index in [0.29, 0.717) is 25.3 Å². The molecule has 1 aliphatic heterocycles. The summed E-state index contributed by atoms with van der Waals surface area (Å²) in [5.41, 5.74) is 0. The van der Waals surface area contributed by atoms with E-state index < -0.39 is 0 Å². The summed E-state index contributed by atoms with van der Waals surface area (Å²) in [5, 5.41) is 8.80. The Kier molecular flexibility index (Phi) is 9.09. The Labute approximate surface area is 139 Å². The van der Waals surface area contributed by atoms with Gasteiger partial charge in [-0.25, -0.2) is 0 Å². The topological polar surface area (TPSA) is 85.8 Å². The highest BCUT2D eigenvalue weighted by Crippen LogP contribution is 2.20. The largest absolute Gasteiger partial charge is 0.359 e. The van der Waals surface area contributed by atoms with Crippen LogP contribution in [-0.2, 0) is 9.59 Å². The molecule has 3 N–H and O–H groups in total. The molecule has 132 valence electrons. The average Bonchev–Trinajstić information content (AvgIpc) is 2.57. The fourth-order valence-electron chi connectivity index (χ4n) is 2.69. The summed E-state index contributed by atoms with van der Waals surface area (Å²) in [4.78, 5) is 29.5. The van der Waals surface area contributed by atoms with Crippen LogP contribution in [0.25, 0.3) is 0 Å². The number of nitrogens with one attached hydrogen (secondary N) is 3. The standard InChI is InChI=1S/C16H31N5O2/c1-4-8-19-14(22)5-9-20-16(18-3)21-10-6-13(7-11-21)12-15(23)17-2/h13H,4-12H2,1-3H3,(H,17,23)(H,18,20)(H,19,22). The third-order valence-corrected chi connectivity index (χ3v) is 4.09. The van der Waals surface area contributed by atoms with Crippen LogP contribution >= 0.6 is 0 Å². The number of likely N-dealkylation sites (tertiary alicyclic amines) is 1. The maximum Gasteiger partial charge on any atom is 0.221 e. The van der Waals surface area contributed by atoms with Gasteiger partial charge in [0.05, 0.1) is 0 Å². The van der Waals surface area contributed by atoms with Crippen LogP contribution in [-0.4, -0.2) is 62.9 Å². The second-order valence-electron chi connectivity index (χ2n) is 5.88. The molecule has 23 heavy (non-hydrogen) atoms. The molecule has 1 fully saturated rings. The summed E-state index contributed by atoms with van der Waals surface area (Å²) in [7, 11) is 3.44.